The predicted molar refractivity (Wildman–Crippen MR) is 126 cm³/mol. The molecule has 0 atom stereocenters. The van der Waals surface area contributed by atoms with Crippen molar-refractivity contribution in [2.45, 2.75) is 19.6 Å². The van der Waals surface area contributed by atoms with E-state index >= 15 is 0 Å². The van der Waals surface area contributed by atoms with Gasteiger partial charge in [-0.2, -0.15) is 0 Å². The Balaban J connectivity index is 1.53. The molecule has 0 spiro atoms. The van der Waals surface area contributed by atoms with Crippen molar-refractivity contribution in [3.05, 3.63) is 132 Å². The smallest absolute Gasteiger partial charge is 0.271 e. The van der Waals surface area contributed by atoms with Crippen molar-refractivity contribution in [3.63, 3.8) is 0 Å². The van der Waals surface area contributed by atoms with E-state index in [0.717, 1.165) is 22.2 Å². The van der Waals surface area contributed by atoms with Gasteiger partial charge in [-0.05, 0) is 28.8 Å². The van der Waals surface area contributed by atoms with Crippen LogP contribution in [0.1, 0.15) is 27.2 Å². The minimum atomic E-state index is -0.300. The molecule has 0 aliphatic rings. The Morgan fingerprint density at radius 3 is 2.06 bits per heavy atom. The van der Waals surface area contributed by atoms with Crippen molar-refractivity contribution in [1.29, 1.82) is 0 Å². The van der Waals surface area contributed by atoms with Crippen molar-refractivity contribution in [2.24, 2.45) is 0 Å². The van der Waals surface area contributed by atoms with Gasteiger partial charge in [-0.25, -0.2) is 4.39 Å². The van der Waals surface area contributed by atoms with E-state index in [0.29, 0.717) is 30.9 Å². The van der Waals surface area contributed by atoms with Crippen LogP contribution in [0.2, 0.25) is 0 Å². The lowest BCUT2D eigenvalue weighted by atomic mass is 10.1. The zero-order valence-corrected chi connectivity index (χ0v) is 18.0. The summed E-state index contributed by atoms with van der Waals surface area (Å²) in [5.74, 6) is -0.406. The Kier molecular flexibility index (Phi) is 5.77. The minimum absolute atomic E-state index is 0.106. The average molecular weight is 439 g/mol. The second-order valence-electron chi connectivity index (χ2n) is 8.05. The number of carbonyl (C=O) groups excluding carboxylic acids is 1. The Labute approximate surface area is 191 Å². The maximum Gasteiger partial charge on any atom is 0.271 e. The third-order valence-corrected chi connectivity index (χ3v) is 5.69. The van der Waals surface area contributed by atoms with Crippen molar-refractivity contribution < 1.29 is 13.6 Å². The molecule has 0 fully saturated rings. The third-order valence-electron chi connectivity index (χ3n) is 5.69. The van der Waals surface area contributed by atoms with Crippen LogP contribution < -0.4 is 0 Å². The van der Waals surface area contributed by atoms with Crippen LogP contribution in [0.5, 0.6) is 0 Å². The molecule has 5 heteroatoms. The number of halogens is 1. The van der Waals surface area contributed by atoms with Gasteiger partial charge in [0.2, 0.25) is 0 Å². The zero-order valence-electron chi connectivity index (χ0n) is 18.0. The number of carbonyl (C=O) groups is 1. The normalized spacial score (nSPS) is 11.1. The summed E-state index contributed by atoms with van der Waals surface area (Å²) in [6.45, 7) is 1.31. The standard InChI is InChI=1S/C28H23FN2O2/c29-24-13-7-12-23(16-24)20-31-25-14-15-33-27(25)17-26(31)28(32)30(18-21-8-3-1-4-9-21)19-22-10-5-2-6-11-22/h1-17H,18-20H2. The van der Waals surface area contributed by atoms with Crippen molar-refractivity contribution in [2.75, 3.05) is 0 Å². The lowest BCUT2D eigenvalue weighted by molar-refractivity contribution is 0.0720. The van der Waals surface area contributed by atoms with E-state index in [2.05, 4.69) is 0 Å². The second-order valence-corrected chi connectivity index (χ2v) is 8.05. The molecule has 5 aromatic rings. The number of rotatable bonds is 7. The molecule has 0 aliphatic carbocycles. The fourth-order valence-corrected chi connectivity index (χ4v) is 4.11. The van der Waals surface area contributed by atoms with Crippen LogP contribution in [0.25, 0.3) is 11.1 Å². The summed E-state index contributed by atoms with van der Waals surface area (Å²) >= 11 is 0. The van der Waals surface area contributed by atoms with Crippen molar-refractivity contribution in [1.82, 2.24) is 9.47 Å². The molecular weight excluding hydrogens is 415 g/mol. The SMILES string of the molecule is O=C(c1cc2occc2n1Cc1cccc(F)c1)N(Cc1ccccc1)Cc1ccccc1. The van der Waals surface area contributed by atoms with Gasteiger partial charge < -0.3 is 13.9 Å². The number of benzene rings is 3. The molecule has 0 bridgehead atoms. The summed E-state index contributed by atoms with van der Waals surface area (Å²) in [4.78, 5) is 15.7. The highest BCUT2D eigenvalue weighted by Gasteiger charge is 2.23. The molecule has 2 aromatic heterocycles. The van der Waals surface area contributed by atoms with E-state index in [1.807, 2.05) is 82.3 Å². The summed E-state index contributed by atoms with van der Waals surface area (Å²) in [5.41, 5.74) is 4.83. The number of hydrogen-bond donors (Lipinski definition) is 0. The number of nitrogens with zero attached hydrogens (tertiary/aromatic N) is 2. The fourth-order valence-electron chi connectivity index (χ4n) is 4.11. The van der Waals surface area contributed by atoms with Gasteiger partial charge in [0.1, 0.15) is 11.5 Å². The molecule has 0 unspecified atom stereocenters. The molecule has 0 radical (unpaired) electrons. The fraction of sp³-hybridized carbons (Fsp3) is 0.107. The Hall–Kier alpha value is -4.12. The highest BCUT2D eigenvalue weighted by molar-refractivity contribution is 5.97. The summed E-state index contributed by atoms with van der Waals surface area (Å²) in [5, 5.41) is 0. The first-order chi connectivity index (χ1) is 16.2. The number of aromatic nitrogens is 1. The average Bonchev–Trinajstić information content (AvgIpc) is 3.42. The van der Waals surface area contributed by atoms with Gasteiger partial charge in [-0.15, -0.1) is 0 Å². The highest BCUT2D eigenvalue weighted by Crippen LogP contribution is 2.25. The maximum absolute atomic E-state index is 13.9. The molecule has 164 valence electrons. The third kappa shape index (κ3) is 4.58. The molecule has 5 rings (SSSR count). The topological polar surface area (TPSA) is 38.4 Å². The van der Waals surface area contributed by atoms with Crippen LogP contribution in [0, 0.1) is 5.82 Å². The van der Waals surface area contributed by atoms with E-state index in [4.69, 9.17) is 4.42 Å². The zero-order chi connectivity index (χ0) is 22.6. The first kappa shape index (κ1) is 20.8. The van der Waals surface area contributed by atoms with Gasteiger partial charge in [0.15, 0.2) is 5.58 Å². The predicted octanol–water partition coefficient (Wildman–Crippen LogP) is 6.26. The van der Waals surface area contributed by atoms with Crippen LogP contribution in [-0.2, 0) is 19.6 Å². The molecule has 0 saturated heterocycles. The molecule has 4 nitrogen and oxygen atoms in total. The van der Waals surface area contributed by atoms with Gasteiger partial charge >= 0.3 is 0 Å². The van der Waals surface area contributed by atoms with Crippen LogP contribution in [0.3, 0.4) is 0 Å². The van der Waals surface area contributed by atoms with Gasteiger partial charge in [0, 0.05) is 31.8 Å². The van der Waals surface area contributed by atoms with E-state index < -0.39 is 0 Å². The summed E-state index contributed by atoms with van der Waals surface area (Å²) < 4.78 is 21.3. The molecule has 0 aliphatic heterocycles. The molecule has 2 heterocycles. The number of fused-ring (bicyclic) bond motifs is 1. The minimum Gasteiger partial charge on any atom is -0.463 e. The van der Waals surface area contributed by atoms with Crippen LogP contribution >= 0.6 is 0 Å². The van der Waals surface area contributed by atoms with E-state index in [9.17, 15) is 9.18 Å². The molecular formula is C28H23FN2O2. The van der Waals surface area contributed by atoms with Gasteiger partial charge in [0.05, 0.1) is 11.8 Å². The first-order valence-corrected chi connectivity index (χ1v) is 10.9. The summed E-state index contributed by atoms with van der Waals surface area (Å²) in [6, 6.07) is 29.9. The van der Waals surface area contributed by atoms with Crippen molar-refractivity contribution >= 4 is 17.0 Å². The van der Waals surface area contributed by atoms with E-state index in [1.165, 1.54) is 12.1 Å². The molecule has 3 aromatic carbocycles. The van der Waals surface area contributed by atoms with Gasteiger partial charge in [-0.1, -0.05) is 72.8 Å². The monoisotopic (exact) mass is 438 g/mol. The number of hydrogen-bond acceptors (Lipinski definition) is 2. The number of furan rings is 1. The molecule has 0 saturated carbocycles. The lowest BCUT2D eigenvalue weighted by Crippen LogP contribution is -2.31. The summed E-state index contributed by atoms with van der Waals surface area (Å²) in [6.07, 6.45) is 1.60. The van der Waals surface area contributed by atoms with Crippen molar-refractivity contribution in [3.8, 4) is 0 Å². The van der Waals surface area contributed by atoms with Crippen LogP contribution in [0.15, 0.2) is 108 Å². The van der Waals surface area contributed by atoms with Gasteiger partial charge in [-0.3, -0.25) is 4.79 Å². The Bertz CT molecular complexity index is 1330. The quantitative estimate of drug-likeness (QED) is 0.301. The Morgan fingerprint density at radius 2 is 1.42 bits per heavy atom. The van der Waals surface area contributed by atoms with E-state index in [1.54, 1.807) is 18.4 Å². The molecule has 33 heavy (non-hydrogen) atoms. The molecule has 1 amide bonds. The van der Waals surface area contributed by atoms with Crippen LogP contribution in [-0.4, -0.2) is 15.4 Å². The maximum atomic E-state index is 13.9. The van der Waals surface area contributed by atoms with E-state index in [-0.39, 0.29) is 11.7 Å². The highest BCUT2D eigenvalue weighted by atomic mass is 19.1. The number of amides is 1. The second kappa shape index (κ2) is 9.17. The van der Waals surface area contributed by atoms with Crippen LogP contribution in [0.4, 0.5) is 4.39 Å². The first-order valence-electron chi connectivity index (χ1n) is 10.9. The largest absolute Gasteiger partial charge is 0.463 e. The lowest BCUT2D eigenvalue weighted by Gasteiger charge is -2.24. The van der Waals surface area contributed by atoms with Gasteiger partial charge in [0.25, 0.3) is 5.91 Å². The summed E-state index contributed by atoms with van der Waals surface area (Å²) in [7, 11) is 0. The molecule has 0 N–H and O–H groups in total. The Morgan fingerprint density at radius 1 is 0.788 bits per heavy atom.